The first-order chi connectivity index (χ1) is 11.6. The highest BCUT2D eigenvalue weighted by Gasteiger charge is 2.37. The van der Waals surface area contributed by atoms with Crippen LogP contribution in [0.2, 0.25) is 0 Å². The zero-order valence-electron chi connectivity index (χ0n) is 12.5. The summed E-state index contributed by atoms with van der Waals surface area (Å²) in [5, 5.41) is 0. The van der Waals surface area contributed by atoms with E-state index in [0.717, 1.165) is 0 Å². The van der Waals surface area contributed by atoms with Gasteiger partial charge in [-0.15, -0.1) is 0 Å². The summed E-state index contributed by atoms with van der Waals surface area (Å²) in [5.41, 5.74) is 2.64. The van der Waals surface area contributed by atoms with Gasteiger partial charge in [-0.3, -0.25) is 0 Å². The average molecular weight is 434 g/mol. The van der Waals surface area contributed by atoms with Crippen LogP contribution in [0.1, 0.15) is 12.8 Å². The second-order valence-electron chi connectivity index (χ2n) is 4.82. The Kier molecular flexibility index (Phi) is 6.94. The quantitative estimate of drug-likeness (QED) is 0.436. The van der Waals surface area contributed by atoms with Crippen molar-refractivity contribution < 1.29 is 51.7 Å². The van der Waals surface area contributed by atoms with Crippen molar-refractivity contribution in [3.63, 3.8) is 0 Å². The summed E-state index contributed by atoms with van der Waals surface area (Å²) in [7, 11) is -10.1. The molecule has 0 aromatic carbocycles. The van der Waals surface area contributed by atoms with E-state index in [1.54, 1.807) is 11.0 Å². The Hall–Kier alpha value is -1.52. The maximum Gasteiger partial charge on any atom is 0.405 e. The minimum atomic E-state index is -5.07. The predicted octanol–water partition coefficient (Wildman–Crippen LogP) is 1.37. The van der Waals surface area contributed by atoms with Gasteiger partial charge in [0.1, 0.15) is 0 Å². The first-order valence-corrected chi connectivity index (χ1v) is 9.63. The Labute approximate surface area is 144 Å². The highest BCUT2D eigenvalue weighted by atomic mass is 32.2. The van der Waals surface area contributed by atoms with Gasteiger partial charge in [-0.25, -0.2) is 11.0 Å². The minimum absolute atomic E-state index is 0.255. The molecule has 0 aromatic heterocycles. The van der Waals surface area contributed by atoms with Crippen LogP contribution in [0.5, 0.6) is 0 Å². The van der Waals surface area contributed by atoms with E-state index in [-0.39, 0.29) is 24.2 Å². The van der Waals surface area contributed by atoms with Gasteiger partial charge < -0.3 is 0 Å². The van der Waals surface area contributed by atoms with Crippen molar-refractivity contribution in [2.45, 2.75) is 25.2 Å². The Morgan fingerprint density at radius 2 is 1.08 bits per heavy atom. The van der Waals surface area contributed by atoms with E-state index in [9.17, 15) is 43.2 Å². The summed E-state index contributed by atoms with van der Waals surface area (Å²) in [4.78, 5) is 0. The van der Waals surface area contributed by atoms with Crippen molar-refractivity contribution >= 4 is 20.2 Å². The van der Waals surface area contributed by atoms with Gasteiger partial charge in [-0.1, -0.05) is 12.2 Å². The molecule has 1 aliphatic carbocycles. The van der Waals surface area contributed by atoms with Gasteiger partial charge >= 0.3 is 12.4 Å². The Morgan fingerprint density at radius 1 is 0.769 bits per heavy atom. The van der Waals surface area contributed by atoms with Gasteiger partial charge in [0.25, 0.3) is 20.2 Å². The van der Waals surface area contributed by atoms with Crippen LogP contribution in [0.25, 0.3) is 0 Å². The molecule has 0 atom stereocenters. The molecule has 8 nitrogen and oxygen atoms in total. The second kappa shape index (κ2) is 8.01. The summed E-state index contributed by atoms with van der Waals surface area (Å²) in [6.07, 6.45) is -7.21. The Bertz CT molecular complexity index is 703. The lowest BCUT2D eigenvalue weighted by molar-refractivity contribution is -0.109. The first-order valence-electron chi connectivity index (χ1n) is 6.47. The molecule has 152 valence electrons. The lowest BCUT2D eigenvalue weighted by Gasteiger charge is -2.18. The van der Waals surface area contributed by atoms with Crippen molar-refractivity contribution in [3.8, 4) is 0 Å². The van der Waals surface area contributed by atoms with Crippen LogP contribution in [0.15, 0.2) is 23.5 Å². The number of alkyl halides is 6. The summed E-state index contributed by atoms with van der Waals surface area (Å²) >= 11 is 0. The average Bonchev–Trinajstić information content (AvgIpc) is 2.38. The zero-order valence-corrected chi connectivity index (χ0v) is 14.1. The number of hydrogen-bond acceptors (Lipinski definition) is 8. The number of hydrogen-bond donors (Lipinski definition) is 2. The van der Waals surface area contributed by atoms with Crippen LogP contribution in [-0.4, -0.2) is 40.7 Å². The van der Waals surface area contributed by atoms with Crippen LogP contribution in [0.4, 0.5) is 26.3 Å². The van der Waals surface area contributed by atoms with Crippen LogP contribution in [0.3, 0.4) is 0 Å². The molecule has 0 unspecified atom stereocenters. The topological polar surface area (TPSA) is 111 Å². The normalized spacial score (nSPS) is 16.7. The fourth-order valence-electron chi connectivity index (χ4n) is 1.55. The van der Waals surface area contributed by atoms with E-state index in [1.165, 1.54) is 12.2 Å². The summed E-state index contributed by atoms with van der Waals surface area (Å²) in [6, 6.07) is 0. The smallest absolute Gasteiger partial charge is 0.248 e. The van der Waals surface area contributed by atoms with Gasteiger partial charge in [-0.2, -0.15) is 51.7 Å². The third kappa shape index (κ3) is 9.25. The number of rotatable bonds is 8. The predicted molar refractivity (Wildman–Crippen MR) is 73.5 cm³/mol. The second-order valence-corrected chi connectivity index (χ2v) is 7.96. The van der Waals surface area contributed by atoms with E-state index >= 15 is 0 Å². The van der Waals surface area contributed by atoms with E-state index in [0.29, 0.717) is 0 Å². The molecule has 2 N–H and O–H groups in total. The highest BCUT2D eigenvalue weighted by Crippen LogP contribution is 2.21. The number of nitrogens with one attached hydrogen (secondary N) is 2. The van der Waals surface area contributed by atoms with Gasteiger partial charge in [0.2, 0.25) is 0 Å². The van der Waals surface area contributed by atoms with Crippen LogP contribution >= 0.6 is 0 Å². The van der Waals surface area contributed by atoms with E-state index in [4.69, 9.17) is 0 Å². The molecule has 1 rings (SSSR count). The molecule has 0 aromatic rings. The van der Waals surface area contributed by atoms with Crippen molar-refractivity contribution in [2.75, 3.05) is 11.5 Å². The van der Waals surface area contributed by atoms with Crippen LogP contribution in [-0.2, 0) is 28.8 Å². The van der Waals surface area contributed by atoms with Gasteiger partial charge in [0.05, 0.1) is 11.4 Å². The molecule has 1 aliphatic rings. The molecule has 0 bridgehead atoms. The van der Waals surface area contributed by atoms with E-state index in [1.807, 2.05) is 0 Å². The monoisotopic (exact) mass is 434 g/mol. The maximum absolute atomic E-state index is 12.1. The molecule has 0 aliphatic heterocycles. The molecule has 0 saturated carbocycles. The van der Waals surface area contributed by atoms with Crippen molar-refractivity contribution in [1.82, 2.24) is 11.0 Å². The minimum Gasteiger partial charge on any atom is -0.248 e. The lowest BCUT2D eigenvalue weighted by atomic mass is 10.1. The Morgan fingerprint density at radius 3 is 1.35 bits per heavy atom. The van der Waals surface area contributed by atoms with E-state index < -0.39 is 44.1 Å². The van der Waals surface area contributed by atoms with E-state index in [2.05, 4.69) is 8.57 Å². The molecule has 0 saturated heterocycles. The molecule has 0 fully saturated rings. The molecule has 0 radical (unpaired) electrons. The first kappa shape index (κ1) is 22.5. The number of hydroxylamine groups is 2. The van der Waals surface area contributed by atoms with Crippen molar-refractivity contribution in [3.05, 3.63) is 23.5 Å². The number of allylic oxidation sites excluding steroid dienone is 2. The summed E-state index contributed by atoms with van der Waals surface area (Å²) in [6.45, 7) is 0. The molecule has 16 heteroatoms. The third-order valence-corrected chi connectivity index (χ3v) is 4.43. The third-order valence-electron chi connectivity index (χ3n) is 2.39. The van der Waals surface area contributed by atoms with Crippen molar-refractivity contribution in [1.29, 1.82) is 0 Å². The molecule has 0 amide bonds. The fourth-order valence-corrected chi connectivity index (χ4v) is 2.90. The van der Waals surface area contributed by atoms with Crippen molar-refractivity contribution in [2.24, 2.45) is 0 Å². The van der Waals surface area contributed by atoms with Gasteiger partial charge in [-0.05, 0) is 12.8 Å². The van der Waals surface area contributed by atoms with Crippen LogP contribution in [0, 0.1) is 0 Å². The SMILES string of the molecule is O=S(=O)(CC(F)(F)F)ONC1=CCCC=C1NOS(=O)(=O)CC(F)(F)F. The summed E-state index contributed by atoms with van der Waals surface area (Å²) < 4.78 is 125. The molecule has 0 spiro atoms. The summed E-state index contributed by atoms with van der Waals surface area (Å²) in [5.74, 6) is -4.58. The molecule has 0 heterocycles. The lowest BCUT2D eigenvalue weighted by Crippen LogP contribution is -2.33. The zero-order chi connectivity index (χ0) is 20.2. The Balaban J connectivity index is 2.70. The maximum atomic E-state index is 12.1. The largest absolute Gasteiger partial charge is 0.405 e. The highest BCUT2D eigenvalue weighted by molar-refractivity contribution is 7.87. The standard InChI is InChI=1S/C10H12F6N2O6S2/c11-9(12,13)5-25(19,20)23-17-7-3-1-2-4-8(7)18-24-26(21,22)6-10(14,15)16/h3-4,17-18H,1-2,5-6H2. The fraction of sp³-hybridized carbons (Fsp3) is 0.600. The molecular formula is C10H12F6N2O6S2. The van der Waals surface area contributed by atoms with Crippen LogP contribution < -0.4 is 11.0 Å². The van der Waals surface area contributed by atoms with Gasteiger partial charge in [0.15, 0.2) is 11.5 Å². The van der Waals surface area contributed by atoms with Gasteiger partial charge in [0, 0.05) is 0 Å². The number of halogens is 6. The molecule has 26 heavy (non-hydrogen) atoms. The molecular weight excluding hydrogens is 422 g/mol.